The Morgan fingerprint density at radius 2 is 2.05 bits per heavy atom. The number of nitrogens with zero attached hydrogens (tertiary/aromatic N) is 2. The molecule has 0 saturated heterocycles. The molecule has 0 atom stereocenters. The lowest BCUT2D eigenvalue weighted by molar-refractivity contribution is 0.570. The quantitative estimate of drug-likeness (QED) is 0.750. The van der Waals surface area contributed by atoms with Gasteiger partial charge in [0.05, 0.1) is 6.54 Å². The number of nitrogens with one attached hydrogen (secondary N) is 1. The lowest BCUT2D eigenvalue weighted by Gasteiger charge is -2.08. The summed E-state index contributed by atoms with van der Waals surface area (Å²) in [6, 6.07) is 6.68. The second-order valence-electron chi connectivity index (χ2n) is 4.94. The van der Waals surface area contributed by atoms with Gasteiger partial charge in [0.25, 0.3) is 0 Å². The summed E-state index contributed by atoms with van der Waals surface area (Å²) in [5.74, 6) is 0.900. The normalized spacial score (nSPS) is 10.9. The van der Waals surface area contributed by atoms with Gasteiger partial charge < -0.3 is 9.88 Å². The first-order valence-electron chi connectivity index (χ1n) is 7.24. The molecule has 0 spiro atoms. The summed E-state index contributed by atoms with van der Waals surface area (Å²) in [7, 11) is 0. The Morgan fingerprint density at radius 1 is 1.25 bits per heavy atom. The Morgan fingerprint density at radius 3 is 2.80 bits per heavy atom. The van der Waals surface area contributed by atoms with Gasteiger partial charge in [-0.25, -0.2) is 9.37 Å². The molecule has 2 rings (SSSR count). The smallest absolute Gasteiger partial charge is 0.123 e. The maximum atomic E-state index is 12.8. The zero-order valence-electron chi connectivity index (χ0n) is 12.0. The zero-order chi connectivity index (χ0) is 14.2. The summed E-state index contributed by atoms with van der Waals surface area (Å²) in [4.78, 5) is 4.38. The third-order valence-corrected chi connectivity index (χ3v) is 3.34. The molecule has 0 amide bonds. The lowest BCUT2D eigenvalue weighted by atomic mass is 10.1. The van der Waals surface area contributed by atoms with Crippen LogP contribution in [0.4, 0.5) is 4.39 Å². The van der Waals surface area contributed by atoms with Gasteiger partial charge in [0.1, 0.15) is 11.6 Å². The van der Waals surface area contributed by atoms with E-state index in [2.05, 4.69) is 21.8 Å². The number of aromatic nitrogens is 2. The average molecular weight is 275 g/mol. The molecule has 0 aliphatic rings. The van der Waals surface area contributed by atoms with Crippen molar-refractivity contribution in [2.45, 2.75) is 39.3 Å². The first-order chi connectivity index (χ1) is 9.79. The molecule has 0 fully saturated rings. The molecule has 3 nitrogen and oxygen atoms in total. The van der Waals surface area contributed by atoms with Crippen LogP contribution in [-0.4, -0.2) is 16.1 Å². The summed E-state index contributed by atoms with van der Waals surface area (Å²) >= 11 is 0. The molecule has 0 radical (unpaired) electrons. The van der Waals surface area contributed by atoms with Crippen LogP contribution in [-0.2, 0) is 19.5 Å². The number of hydrogen-bond donors (Lipinski definition) is 1. The monoisotopic (exact) mass is 275 g/mol. The fourth-order valence-corrected chi connectivity index (χ4v) is 2.12. The van der Waals surface area contributed by atoms with E-state index in [1.807, 2.05) is 24.5 Å². The summed E-state index contributed by atoms with van der Waals surface area (Å²) < 4.78 is 15.0. The van der Waals surface area contributed by atoms with E-state index in [-0.39, 0.29) is 5.82 Å². The van der Waals surface area contributed by atoms with Gasteiger partial charge in [0.15, 0.2) is 0 Å². The topological polar surface area (TPSA) is 29.9 Å². The van der Waals surface area contributed by atoms with E-state index >= 15 is 0 Å². The third-order valence-electron chi connectivity index (χ3n) is 3.34. The van der Waals surface area contributed by atoms with Gasteiger partial charge >= 0.3 is 0 Å². The molecule has 20 heavy (non-hydrogen) atoms. The predicted octanol–water partition coefficient (Wildman–Crippen LogP) is 3.15. The Hall–Kier alpha value is -1.68. The van der Waals surface area contributed by atoms with Gasteiger partial charge in [0.2, 0.25) is 0 Å². The van der Waals surface area contributed by atoms with Crippen molar-refractivity contribution in [2.75, 3.05) is 6.54 Å². The van der Waals surface area contributed by atoms with Crippen molar-refractivity contribution in [1.82, 2.24) is 14.9 Å². The minimum Gasteiger partial charge on any atom is -0.334 e. The maximum absolute atomic E-state index is 12.8. The molecule has 0 bridgehead atoms. The van der Waals surface area contributed by atoms with Crippen LogP contribution < -0.4 is 5.32 Å². The van der Waals surface area contributed by atoms with Gasteiger partial charge in [-0.1, -0.05) is 25.5 Å². The minimum atomic E-state index is -0.181. The molecule has 4 heteroatoms. The molecule has 108 valence electrons. The average Bonchev–Trinajstić information content (AvgIpc) is 2.91. The van der Waals surface area contributed by atoms with E-state index in [9.17, 15) is 4.39 Å². The molecular formula is C16H22FN3. The molecule has 1 N–H and O–H groups in total. The van der Waals surface area contributed by atoms with Crippen molar-refractivity contribution < 1.29 is 4.39 Å². The molecular weight excluding hydrogens is 253 g/mol. The van der Waals surface area contributed by atoms with Crippen LogP contribution in [0.1, 0.15) is 31.2 Å². The molecule has 0 aliphatic carbocycles. The number of benzene rings is 1. The molecule has 0 saturated carbocycles. The van der Waals surface area contributed by atoms with E-state index in [4.69, 9.17) is 0 Å². The number of aryl methyl sites for hydroxylation is 1. The summed E-state index contributed by atoms with van der Waals surface area (Å²) in [5.41, 5.74) is 1.15. The van der Waals surface area contributed by atoms with Crippen LogP contribution in [0, 0.1) is 5.82 Å². The van der Waals surface area contributed by atoms with Crippen LogP contribution in [0.3, 0.4) is 0 Å². The van der Waals surface area contributed by atoms with E-state index in [0.717, 1.165) is 37.4 Å². The standard InChI is InChI=1S/C16H22FN3/c1-2-3-11-20-12-10-19-16(20)13-18-9-8-14-4-6-15(17)7-5-14/h4-7,10,12,18H,2-3,8-9,11,13H2,1H3. The number of hydrogen-bond acceptors (Lipinski definition) is 2. The summed E-state index contributed by atoms with van der Waals surface area (Å²) in [6.07, 6.45) is 7.16. The highest BCUT2D eigenvalue weighted by atomic mass is 19.1. The van der Waals surface area contributed by atoms with Gasteiger partial charge in [-0.05, 0) is 37.1 Å². The Labute approximate surface area is 119 Å². The van der Waals surface area contributed by atoms with E-state index < -0.39 is 0 Å². The number of rotatable bonds is 8. The largest absolute Gasteiger partial charge is 0.334 e. The van der Waals surface area contributed by atoms with Gasteiger partial charge in [-0.15, -0.1) is 0 Å². The van der Waals surface area contributed by atoms with Crippen molar-refractivity contribution >= 4 is 0 Å². The fourth-order valence-electron chi connectivity index (χ4n) is 2.12. The van der Waals surface area contributed by atoms with Crippen molar-refractivity contribution in [3.63, 3.8) is 0 Å². The summed E-state index contributed by atoms with van der Waals surface area (Å²) in [6.45, 7) is 4.87. The highest BCUT2D eigenvalue weighted by Gasteiger charge is 2.01. The number of halogens is 1. The van der Waals surface area contributed by atoms with Gasteiger partial charge in [-0.3, -0.25) is 0 Å². The first kappa shape index (κ1) is 14.7. The Kier molecular flexibility index (Phi) is 5.74. The van der Waals surface area contributed by atoms with E-state index in [1.54, 1.807) is 0 Å². The second kappa shape index (κ2) is 7.80. The summed E-state index contributed by atoms with van der Waals surface area (Å²) in [5, 5.41) is 3.39. The fraction of sp³-hybridized carbons (Fsp3) is 0.438. The van der Waals surface area contributed by atoms with E-state index in [0.29, 0.717) is 0 Å². The molecule has 2 aromatic rings. The van der Waals surface area contributed by atoms with Crippen LogP contribution in [0.2, 0.25) is 0 Å². The number of imidazole rings is 1. The molecule has 0 aliphatic heterocycles. The minimum absolute atomic E-state index is 0.181. The SMILES string of the molecule is CCCCn1ccnc1CNCCc1ccc(F)cc1. The predicted molar refractivity (Wildman–Crippen MR) is 78.9 cm³/mol. The van der Waals surface area contributed by atoms with Crippen molar-refractivity contribution in [3.05, 3.63) is 53.9 Å². The van der Waals surface area contributed by atoms with Crippen molar-refractivity contribution in [1.29, 1.82) is 0 Å². The van der Waals surface area contributed by atoms with E-state index in [1.165, 1.54) is 25.0 Å². The third kappa shape index (κ3) is 4.46. The van der Waals surface area contributed by atoms with Gasteiger partial charge in [0, 0.05) is 18.9 Å². The Balaban J connectivity index is 1.73. The highest BCUT2D eigenvalue weighted by molar-refractivity contribution is 5.16. The highest BCUT2D eigenvalue weighted by Crippen LogP contribution is 2.04. The first-order valence-corrected chi connectivity index (χ1v) is 7.24. The number of unbranched alkanes of at least 4 members (excludes halogenated alkanes) is 1. The van der Waals surface area contributed by atoms with Crippen LogP contribution in [0.15, 0.2) is 36.7 Å². The lowest BCUT2D eigenvalue weighted by Crippen LogP contribution is -2.19. The van der Waals surface area contributed by atoms with Gasteiger partial charge in [-0.2, -0.15) is 0 Å². The van der Waals surface area contributed by atoms with Crippen LogP contribution >= 0.6 is 0 Å². The van der Waals surface area contributed by atoms with Crippen LogP contribution in [0.5, 0.6) is 0 Å². The molecule has 1 aromatic carbocycles. The molecule has 0 unspecified atom stereocenters. The van der Waals surface area contributed by atoms with Crippen molar-refractivity contribution in [3.8, 4) is 0 Å². The zero-order valence-corrected chi connectivity index (χ0v) is 12.0. The van der Waals surface area contributed by atoms with Crippen molar-refractivity contribution in [2.24, 2.45) is 0 Å². The maximum Gasteiger partial charge on any atom is 0.123 e. The second-order valence-corrected chi connectivity index (χ2v) is 4.94. The Bertz CT molecular complexity index is 505. The van der Waals surface area contributed by atoms with Crippen LogP contribution in [0.25, 0.3) is 0 Å². The molecule has 1 heterocycles. The molecule has 1 aromatic heterocycles.